The van der Waals surface area contributed by atoms with Gasteiger partial charge in [0.15, 0.2) is 0 Å². The molecule has 0 aromatic rings. The van der Waals surface area contributed by atoms with E-state index >= 15 is 0 Å². The second kappa shape index (κ2) is 7.76. The molecule has 0 spiro atoms. The Hall–Kier alpha value is -1.59. The number of ether oxygens (including phenoxy) is 1. The van der Waals surface area contributed by atoms with Gasteiger partial charge in [-0.3, -0.25) is 14.4 Å². The SMILES string of the molecule is COC(=O)CC[C@H](NC(=O)CC1CCCC1)C(N)=O. The minimum Gasteiger partial charge on any atom is -0.469 e. The molecule has 3 N–H and O–H groups in total. The van der Waals surface area contributed by atoms with Gasteiger partial charge in [-0.2, -0.15) is 0 Å². The fourth-order valence-corrected chi connectivity index (χ4v) is 2.38. The Kier molecular flexibility index (Phi) is 6.32. The van der Waals surface area contributed by atoms with Gasteiger partial charge in [-0.15, -0.1) is 0 Å². The molecular formula is C13H22N2O4. The van der Waals surface area contributed by atoms with Gasteiger partial charge < -0.3 is 15.8 Å². The molecule has 0 aromatic heterocycles. The molecule has 19 heavy (non-hydrogen) atoms. The molecule has 0 unspecified atom stereocenters. The first-order valence-electron chi connectivity index (χ1n) is 6.68. The molecule has 1 fully saturated rings. The summed E-state index contributed by atoms with van der Waals surface area (Å²) in [6, 6.07) is -0.798. The number of esters is 1. The molecule has 2 amide bonds. The minimum atomic E-state index is -0.798. The van der Waals surface area contributed by atoms with Crippen molar-refractivity contribution >= 4 is 17.8 Å². The van der Waals surface area contributed by atoms with Crippen molar-refractivity contribution in [2.75, 3.05) is 7.11 Å². The van der Waals surface area contributed by atoms with E-state index in [0.717, 1.165) is 12.8 Å². The van der Waals surface area contributed by atoms with Gasteiger partial charge in [0.05, 0.1) is 7.11 Å². The normalized spacial score (nSPS) is 16.9. The standard InChI is InChI=1S/C13H22N2O4/c1-19-12(17)7-6-10(13(14)18)15-11(16)8-9-4-2-3-5-9/h9-10H,2-8H2,1H3,(H2,14,18)(H,15,16)/t10-/m0/s1. The van der Waals surface area contributed by atoms with E-state index in [2.05, 4.69) is 10.1 Å². The number of amides is 2. The van der Waals surface area contributed by atoms with Crippen LogP contribution in [0.5, 0.6) is 0 Å². The lowest BCUT2D eigenvalue weighted by atomic mass is 10.0. The maximum Gasteiger partial charge on any atom is 0.305 e. The molecule has 108 valence electrons. The van der Waals surface area contributed by atoms with E-state index < -0.39 is 17.9 Å². The highest BCUT2D eigenvalue weighted by Gasteiger charge is 2.23. The zero-order chi connectivity index (χ0) is 14.3. The van der Waals surface area contributed by atoms with Crippen LogP contribution in [-0.2, 0) is 19.1 Å². The monoisotopic (exact) mass is 270 g/mol. The molecule has 0 aromatic carbocycles. The molecule has 6 heteroatoms. The van der Waals surface area contributed by atoms with Crippen molar-refractivity contribution in [2.24, 2.45) is 11.7 Å². The van der Waals surface area contributed by atoms with Crippen molar-refractivity contribution in [3.8, 4) is 0 Å². The first-order valence-corrected chi connectivity index (χ1v) is 6.68. The van der Waals surface area contributed by atoms with E-state index in [1.807, 2.05) is 0 Å². The second-order valence-corrected chi connectivity index (χ2v) is 4.99. The summed E-state index contributed by atoms with van der Waals surface area (Å²) in [5.41, 5.74) is 5.22. The van der Waals surface area contributed by atoms with E-state index in [1.165, 1.54) is 20.0 Å². The van der Waals surface area contributed by atoms with Gasteiger partial charge >= 0.3 is 5.97 Å². The fourth-order valence-electron chi connectivity index (χ4n) is 2.38. The fraction of sp³-hybridized carbons (Fsp3) is 0.769. The molecule has 0 saturated heterocycles. The number of carbonyl (C=O) groups excluding carboxylic acids is 3. The molecule has 1 rings (SSSR count). The average molecular weight is 270 g/mol. The van der Waals surface area contributed by atoms with Gasteiger partial charge in [-0.25, -0.2) is 0 Å². The molecule has 0 heterocycles. The highest BCUT2D eigenvalue weighted by molar-refractivity contribution is 5.87. The number of methoxy groups -OCH3 is 1. The minimum absolute atomic E-state index is 0.0633. The lowest BCUT2D eigenvalue weighted by molar-refractivity contribution is -0.141. The van der Waals surface area contributed by atoms with Crippen LogP contribution in [0.3, 0.4) is 0 Å². The van der Waals surface area contributed by atoms with Crippen LogP contribution in [0, 0.1) is 5.92 Å². The van der Waals surface area contributed by atoms with Crippen LogP contribution in [0.15, 0.2) is 0 Å². The molecular weight excluding hydrogens is 248 g/mol. The molecule has 1 saturated carbocycles. The third kappa shape index (κ3) is 5.72. The summed E-state index contributed by atoms with van der Waals surface area (Å²) >= 11 is 0. The Balaban J connectivity index is 2.36. The summed E-state index contributed by atoms with van der Waals surface area (Å²) in [6.45, 7) is 0. The summed E-state index contributed by atoms with van der Waals surface area (Å²) in [7, 11) is 1.28. The largest absolute Gasteiger partial charge is 0.469 e. The lowest BCUT2D eigenvalue weighted by Gasteiger charge is -2.16. The summed E-state index contributed by atoms with van der Waals surface area (Å²) < 4.78 is 4.49. The zero-order valence-corrected chi connectivity index (χ0v) is 11.3. The Morgan fingerprint density at radius 3 is 2.47 bits per heavy atom. The van der Waals surface area contributed by atoms with E-state index in [4.69, 9.17) is 5.73 Å². The zero-order valence-electron chi connectivity index (χ0n) is 11.3. The molecule has 1 aliphatic carbocycles. The van der Waals surface area contributed by atoms with Crippen molar-refractivity contribution in [1.29, 1.82) is 0 Å². The lowest BCUT2D eigenvalue weighted by Crippen LogP contribution is -2.45. The predicted octanol–water partition coefficient (Wildman–Crippen LogP) is 0.490. The van der Waals surface area contributed by atoms with Crippen LogP contribution >= 0.6 is 0 Å². The van der Waals surface area contributed by atoms with Gasteiger partial charge in [-0.1, -0.05) is 12.8 Å². The van der Waals surface area contributed by atoms with Crippen molar-refractivity contribution in [1.82, 2.24) is 5.32 Å². The van der Waals surface area contributed by atoms with E-state index in [1.54, 1.807) is 0 Å². The maximum absolute atomic E-state index is 11.8. The molecule has 6 nitrogen and oxygen atoms in total. The third-order valence-electron chi connectivity index (χ3n) is 3.49. The Morgan fingerprint density at radius 1 is 1.32 bits per heavy atom. The van der Waals surface area contributed by atoms with Crippen LogP contribution in [-0.4, -0.2) is 30.9 Å². The van der Waals surface area contributed by atoms with Crippen LogP contribution in [0.2, 0.25) is 0 Å². The number of hydrogen-bond acceptors (Lipinski definition) is 4. The van der Waals surface area contributed by atoms with Gasteiger partial charge in [0.2, 0.25) is 11.8 Å². The number of primary amides is 1. The maximum atomic E-state index is 11.8. The smallest absolute Gasteiger partial charge is 0.305 e. The summed E-state index contributed by atoms with van der Waals surface area (Å²) in [5, 5.41) is 2.60. The summed E-state index contributed by atoms with van der Waals surface area (Å²) in [5.74, 6) is -0.797. The first kappa shape index (κ1) is 15.5. The summed E-state index contributed by atoms with van der Waals surface area (Å²) in [4.78, 5) is 34.0. The van der Waals surface area contributed by atoms with Crippen LogP contribution in [0.1, 0.15) is 44.9 Å². The quantitative estimate of drug-likeness (QED) is 0.658. The Bertz CT molecular complexity index is 338. The van der Waals surface area contributed by atoms with Crippen molar-refractivity contribution in [2.45, 2.75) is 51.0 Å². The molecule has 1 aliphatic rings. The van der Waals surface area contributed by atoms with Crippen LogP contribution < -0.4 is 11.1 Å². The van der Waals surface area contributed by atoms with Crippen molar-refractivity contribution in [3.05, 3.63) is 0 Å². The van der Waals surface area contributed by atoms with Crippen LogP contribution in [0.4, 0.5) is 0 Å². The Morgan fingerprint density at radius 2 is 1.95 bits per heavy atom. The number of rotatable bonds is 7. The van der Waals surface area contributed by atoms with Gasteiger partial charge in [0.25, 0.3) is 0 Å². The van der Waals surface area contributed by atoms with Gasteiger partial charge in [0.1, 0.15) is 6.04 Å². The Labute approximate surface area is 113 Å². The van der Waals surface area contributed by atoms with E-state index in [9.17, 15) is 14.4 Å². The van der Waals surface area contributed by atoms with Crippen molar-refractivity contribution in [3.63, 3.8) is 0 Å². The van der Waals surface area contributed by atoms with Crippen LogP contribution in [0.25, 0.3) is 0 Å². The van der Waals surface area contributed by atoms with E-state index in [-0.39, 0.29) is 18.7 Å². The third-order valence-corrected chi connectivity index (χ3v) is 3.49. The molecule has 0 radical (unpaired) electrons. The highest BCUT2D eigenvalue weighted by atomic mass is 16.5. The predicted molar refractivity (Wildman–Crippen MR) is 69.0 cm³/mol. The average Bonchev–Trinajstić information content (AvgIpc) is 2.86. The number of carbonyl (C=O) groups is 3. The molecule has 0 bridgehead atoms. The summed E-state index contributed by atoms with van der Waals surface area (Å²) in [6.07, 6.45) is 5.14. The van der Waals surface area contributed by atoms with Gasteiger partial charge in [0, 0.05) is 12.8 Å². The number of hydrogen-bond donors (Lipinski definition) is 2. The van der Waals surface area contributed by atoms with Gasteiger partial charge in [-0.05, 0) is 25.2 Å². The second-order valence-electron chi connectivity index (χ2n) is 4.99. The molecule has 1 atom stereocenters. The van der Waals surface area contributed by atoms with Crippen molar-refractivity contribution < 1.29 is 19.1 Å². The topological polar surface area (TPSA) is 98.5 Å². The highest BCUT2D eigenvalue weighted by Crippen LogP contribution is 2.27. The number of nitrogens with two attached hydrogens (primary N) is 1. The first-order chi connectivity index (χ1) is 9.02. The van der Waals surface area contributed by atoms with E-state index in [0.29, 0.717) is 12.3 Å². The molecule has 0 aliphatic heterocycles. The number of nitrogens with one attached hydrogen (secondary N) is 1.